The van der Waals surface area contributed by atoms with Crippen LogP contribution < -0.4 is 10.1 Å². The van der Waals surface area contributed by atoms with E-state index in [1.54, 1.807) is 0 Å². The number of nitrogens with one attached hydrogen (secondary N) is 1. The Morgan fingerprint density at radius 3 is 2.45 bits per heavy atom. The van der Waals surface area contributed by atoms with Gasteiger partial charge in [-0.05, 0) is 30.5 Å². The van der Waals surface area contributed by atoms with Crippen molar-refractivity contribution in [1.29, 1.82) is 0 Å². The topological polar surface area (TPSA) is 30.5 Å². The molecular formula is C17H29NO2. The second kappa shape index (κ2) is 8.98. The van der Waals surface area contributed by atoms with Crippen LogP contribution in [0.25, 0.3) is 0 Å². The van der Waals surface area contributed by atoms with E-state index in [0.717, 1.165) is 12.3 Å². The van der Waals surface area contributed by atoms with Crippen LogP contribution in [0.2, 0.25) is 0 Å². The molecule has 0 fully saturated rings. The minimum absolute atomic E-state index is 0.278. The van der Waals surface area contributed by atoms with Gasteiger partial charge in [-0.3, -0.25) is 0 Å². The van der Waals surface area contributed by atoms with Gasteiger partial charge in [0.15, 0.2) is 0 Å². The Balaban J connectivity index is 2.31. The van der Waals surface area contributed by atoms with E-state index in [0.29, 0.717) is 25.2 Å². The van der Waals surface area contributed by atoms with Crippen molar-refractivity contribution in [2.45, 2.75) is 53.3 Å². The second-order valence-electron chi connectivity index (χ2n) is 5.85. The standard InChI is InChI=1S/C17H29NO2/c1-13(2)15(5)19-9-10-20-17-8-6-7-16(11-17)12-18-14(3)4/h6-8,11,13-15,18H,9-10,12H2,1-5H3. The molecular weight excluding hydrogens is 250 g/mol. The highest BCUT2D eigenvalue weighted by molar-refractivity contribution is 5.28. The molecule has 1 unspecified atom stereocenters. The zero-order valence-electron chi connectivity index (χ0n) is 13.5. The summed E-state index contributed by atoms with van der Waals surface area (Å²) in [6.07, 6.45) is 0.278. The highest BCUT2D eigenvalue weighted by atomic mass is 16.5. The van der Waals surface area contributed by atoms with Crippen LogP contribution in [-0.2, 0) is 11.3 Å². The molecule has 0 aliphatic heterocycles. The maximum absolute atomic E-state index is 5.73. The van der Waals surface area contributed by atoms with Crippen LogP contribution in [0, 0.1) is 5.92 Å². The Kier molecular flexibility index (Phi) is 7.63. The lowest BCUT2D eigenvalue weighted by Gasteiger charge is -2.16. The Hall–Kier alpha value is -1.06. The molecule has 0 aliphatic rings. The fraction of sp³-hybridized carbons (Fsp3) is 0.647. The summed E-state index contributed by atoms with van der Waals surface area (Å²) in [4.78, 5) is 0. The molecule has 1 aromatic rings. The Bertz CT molecular complexity index is 377. The normalized spacial score (nSPS) is 12.9. The minimum atomic E-state index is 0.278. The van der Waals surface area contributed by atoms with E-state index in [9.17, 15) is 0 Å². The minimum Gasteiger partial charge on any atom is -0.491 e. The van der Waals surface area contributed by atoms with Crippen LogP contribution in [0.1, 0.15) is 40.2 Å². The summed E-state index contributed by atoms with van der Waals surface area (Å²) < 4.78 is 11.4. The predicted molar refractivity (Wildman–Crippen MR) is 84.2 cm³/mol. The van der Waals surface area contributed by atoms with Crippen molar-refractivity contribution >= 4 is 0 Å². The van der Waals surface area contributed by atoms with Crippen LogP contribution in [0.15, 0.2) is 24.3 Å². The Labute approximate surface area is 123 Å². The molecule has 0 saturated carbocycles. The maximum atomic E-state index is 5.73. The van der Waals surface area contributed by atoms with E-state index in [1.165, 1.54) is 5.56 Å². The molecule has 1 aromatic carbocycles. The molecule has 0 saturated heterocycles. The largest absolute Gasteiger partial charge is 0.491 e. The van der Waals surface area contributed by atoms with Gasteiger partial charge in [-0.25, -0.2) is 0 Å². The zero-order chi connectivity index (χ0) is 15.0. The smallest absolute Gasteiger partial charge is 0.119 e. The van der Waals surface area contributed by atoms with E-state index < -0.39 is 0 Å². The van der Waals surface area contributed by atoms with Crippen LogP contribution in [0.5, 0.6) is 5.75 Å². The van der Waals surface area contributed by atoms with Crippen molar-refractivity contribution in [3.8, 4) is 5.75 Å². The van der Waals surface area contributed by atoms with Crippen molar-refractivity contribution in [2.24, 2.45) is 5.92 Å². The van der Waals surface area contributed by atoms with Gasteiger partial charge in [0.1, 0.15) is 12.4 Å². The van der Waals surface area contributed by atoms with Crippen molar-refractivity contribution in [2.75, 3.05) is 13.2 Å². The van der Waals surface area contributed by atoms with Gasteiger partial charge in [-0.1, -0.05) is 39.8 Å². The van der Waals surface area contributed by atoms with E-state index >= 15 is 0 Å². The number of hydrogen-bond acceptors (Lipinski definition) is 3. The molecule has 0 spiro atoms. The fourth-order valence-corrected chi connectivity index (χ4v) is 1.65. The highest BCUT2D eigenvalue weighted by Crippen LogP contribution is 2.13. The molecule has 1 N–H and O–H groups in total. The quantitative estimate of drug-likeness (QED) is 0.700. The molecule has 0 bridgehead atoms. The molecule has 0 aromatic heterocycles. The third kappa shape index (κ3) is 6.92. The zero-order valence-corrected chi connectivity index (χ0v) is 13.5. The molecule has 0 aliphatic carbocycles. The number of rotatable bonds is 9. The maximum Gasteiger partial charge on any atom is 0.119 e. The first-order chi connectivity index (χ1) is 9.49. The van der Waals surface area contributed by atoms with Gasteiger partial charge in [0.05, 0.1) is 12.7 Å². The monoisotopic (exact) mass is 279 g/mol. The lowest BCUT2D eigenvalue weighted by atomic mass is 10.1. The fourth-order valence-electron chi connectivity index (χ4n) is 1.65. The van der Waals surface area contributed by atoms with E-state index in [2.05, 4.69) is 52.1 Å². The summed E-state index contributed by atoms with van der Waals surface area (Å²) in [6.45, 7) is 12.8. The SMILES string of the molecule is CC(C)NCc1cccc(OCCOC(C)C(C)C)c1. The lowest BCUT2D eigenvalue weighted by Crippen LogP contribution is -2.21. The molecule has 0 radical (unpaired) electrons. The molecule has 3 heteroatoms. The van der Waals surface area contributed by atoms with Gasteiger partial charge in [-0.15, -0.1) is 0 Å². The Morgan fingerprint density at radius 1 is 1.05 bits per heavy atom. The second-order valence-corrected chi connectivity index (χ2v) is 5.85. The Morgan fingerprint density at radius 2 is 1.80 bits per heavy atom. The van der Waals surface area contributed by atoms with Gasteiger partial charge in [0, 0.05) is 12.6 Å². The van der Waals surface area contributed by atoms with Gasteiger partial charge in [-0.2, -0.15) is 0 Å². The predicted octanol–water partition coefficient (Wildman–Crippen LogP) is 3.62. The first-order valence-electron chi connectivity index (χ1n) is 7.55. The van der Waals surface area contributed by atoms with Crippen molar-refractivity contribution in [3.63, 3.8) is 0 Å². The van der Waals surface area contributed by atoms with Crippen LogP contribution in [0.3, 0.4) is 0 Å². The first kappa shape index (κ1) is 17.0. The van der Waals surface area contributed by atoms with Gasteiger partial charge in [0.25, 0.3) is 0 Å². The molecule has 1 rings (SSSR count). The average molecular weight is 279 g/mol. The summed E-state index contributed by atoms with van der Waals surface area (Å²) in [5.41, 5.74) is 1.24. The van der Waals surface area contributed by atoms with Crippen LogP contribution >= 0.6 is 0 Å². The molecule has 114 valence electrons. The van der Waals surface area contributed by atoms with E-state index in [1.807, 2.05) is 12.1 Å². The highest BCUT2D eigenvalue weighted by Gasteiger charge is 2.06. The summed E-state index contributed by atoms with van der Waals surface area (Å²) in [5.74, 6) is 1.45. The van der Waals surface area contributed by atoms with Gasteiger partial charge < -0.3 is 14.8 Å². The molecule has 0 amide bonds. The van der Waals surface area contributed by atoms with E-state index in [4.69, 9.17) is 9.47 Å². The van der Waals surface area contributed by atoms with Crippen LogP contribution in [-0.4, -0.2) is 25.4 Å². The number of hydrogen-bond donors (Lipinski definition) is 1. The number of ether oxygens (including phenoxy) is 2. The van der Waals surface area contributed by atoms with Crippen molar-refractivity contribution in [3.05, 3.63) is 29.8 Å². The molecule has 3 nitrogen and oxygen atoms in total. The van der Waals surface area contributed by atoms with Gasteiger partial charge >= 0.3 is 0 Å². The summed E-state index contributed by atoms with van der Waals surface area (Å²) in [6, 6.07) is 8.71. The summed E-state index contributed by atoms with van der Waals surface area (Å²) in [5, 5.41) is 3.40. The molecule has 20 heavy (non-hydrogen) atoms. The molecule has 1 atom stereocenters. The first-order valence-corrected chi connectivity index (χ1v) is 7.55. The summed E-state index contributed by atoms with van der Waals surface area (Å²) in [7, 11) is 0. The van der Waals surface area contributed by atoms with Gasteiger partial charge in [0.2, 0.25) is 0 Å². The molecule has 0 heterocycles. The number of benzene rings is 1. The average Bonchev–Trinajstić information content (AvgIpc) is 2.41. The van der Waals surface area contributed by atoms with Crippen molar-refractivity contribution < 1.29 is 9.47 Å². The third-order valence-electron chi connectivity index (χ3n) is 3.28. The van der Waals surface area contributed by atoms with Crippen molar-refractivity contribution in [1.82, 2.24) is 5.32 Å². The lowest BCUT2D eigenvalue weighted by molar-refractivity contribution is 0.0188. The third-order valence-corrected chi connectivity index (χ3v) is 3.28. The van der Waals surface area contributed by atoms with E-state index in [-0.39, 0.29) is 6.10 Å². The summed E-state index contributed by atoms with van der Waals surface area (Å²) >= 11 is 0. The van der Waals surface area contributed by atoms with Crippen LogP contribution in [0.4, 0.5) is 0 Å².